The third-order valence-corrected chi connectivity index (χ3v) is 15.7. The summed E-state index contributed by atoms with van der Waals surface area (Å²) in [4.78, 5) is 44.4. The van der Waals surface area contributed by atoms with Crippen LogP contribution >= 0.6 is 54.5 Å². The quantitative estimate of drug-likeness (QED) is 0.0465. The fourth-order valence-electron chi connectivity index (χ4n) is 6.18. The van der Waals surface area contributed by atoms with E-state index in [4.69, 9.17) is 11.8 Å². The summed E-state index contributed by atoms with van der Waals surface area (Å²) in [5, 5.41) is 18.7. The minimum absolute atomic E-state index is 0.0401. The van der Waals surface area contributed by atoms with Gasteiger partial charge in [0.05, 0.1) is 24.5 Å². The van der Waals surface area contributed by atoms with Crippen molar-refractivity contribution in [1.29, 1.82) is 0 Å². The Morgan fingerprint density at radius 3 is 1.51 bits per heavy atom. The summed E-state index contributed by atoms with van der Waals surface area (Å²) < 4.78 is 70.4. The smallest absolute Gasteiger partial charge is 0.410 e. The number of rotatable bonds is 13. The maximum atomic E-state index is 13.1. The van der Waals surface area contributed by atoms with Crippen LogP contribution in [0.2, 0.25) is 0 Å². The molecule has 0 radical (unpaired) electrons. The molecule has 2 aromatic heterocycles. The van der Waals surface area contributed by atoms with E-state index in [1.165, 1.54) is 70.7 Å². The third kappa shape index (κ3) is 19.7. The molecular weight excluding hydrogens is 1160 g/mol. The first kappa shape index (κ1) is 58.9. The van der Waals surface area contributed by atoms with Crippen molar-refractivity contribution in [3.05, 3.63) is 163 Å². The Labute approximate surface area is 457 Å². The zero-order valence-corrected chi connectivity index (χ0v) is 47.7. The van der Waals surface area contributed by atoms with E-state index in [9.17, 15) is 36.5 Å². The maximum absolute atomic E-state index is 13.1. The van der Waals surface area contributed by atoms with E-state index in [-0.39, 0.29) is 26.9 Å². The van der Waals surface area contributed by atoms with Crippen LogP contribution in [0.1, 0.15) is 67.9 Å². The maximum Gasteiger partial charge on any atom is 0.417 e. The number of thiazole rings is 2. The van der Waals surface area contributed by atoms with Crippen LogP contribution in [0.15, 0.2) is 151 Å². The first-order chi connectivity index (χ1) is 35.2. The number of carbonyl (C=O) groups excluding carboxylic acids is 2. The van der Waals surface area contributed by atoms with Crippen molar-refractivity contribution >= 4 is 104 Å². The molecule has 74 heavy (non-hydrogen) atoms. The van der Waals surface area contributed by atoms with E-state index in [1.54, 1.807) is 79.1 Å². The van der Waals surface area contributed by atoms with Crippen LogP contribution in [0.3, 0.4) is 0 Å². The molecule has 0 unspecified atom stereocenters. The molecule has 0 aliphatic carbocycles. The average molecular weight is 1220 g/mol. The largest absolute Gasteiger partial charge is 0.417 e. The monoisotopic (exact) mass is 1210 g/mol. The number of benzene rings is 5. The number of hydrogen-bond acceptors (Lipinski definition) is 14. The number of non-ortho nitro benzene ring substituents is 1. The number of urea groups is 1. The van der Waals surface area contributed by atoms with Gasteiger partial charge in [0.25, 0.3) is 5.69 Å². The molecule has 7 N–H and O–H groups in total. The van der Waals surface area contributed by atoms with E-state index >= 15 is 0 Å². The van der Waals surface area contributed by atoms with E-state index in [0.717, 1.165) is 5.56 Å². The molecule has 7 rings (SSSR count). The van der Waals surface area contributed by atoms with E-state index < -0.39 is 48.2 Å². The second-order valence-electron chi connectivity index (χ2n) is 17.3. The van der Waals surface area contributed by atoms with E-state index in [1.807, 2.05) is 60.7 Å². The molecule has 0 saturated carbocycles. The zero-order chi connectivity index (χ0) is 55.6. The van der Waals surface area contributed by atoms with E-state index in [2.05, 4.69) is 67.2 Å². The zero-order valence-electron chi connectivity index (χ0n) is 42.3. The number of nitrogens with two attached hydrogens (primary N) is 1. The van der Waals surface area contributed by atoms with Gasteiger partial charge >= 0.3 is 12.1 Å². The lowest BCUT2D eigenvalue weighted by Gasteiger charge is -2.22. The summed E-state index contributed by atoms with van der Waals surface area (Å²) in [5.74, 6) is 0.0893. The number of amides is 3. The number of halogens is 2. The van der Waals surface area contributed by atoms with Crippen molar-refractivity contribution in [2.24, 2.45) is 5.73 Å². The van der Waals surface area contributed by atoms with Crippen LogP contribution in [0.5, 0.6) is 5.75 Å². The van der Waals surface area contributed by atoms with Crippen molar-refractivity contribution in [1.82, 2.24) is 24.7 Å². The molecule has 0 aliphatic heterocycles. The lowest BCUT2D eigenvalue weighted by molar-refractivity contribution is -0.384. The molecule has 2 heterocycles. The first-order valence-corrected chi connectivity index (χ1v) is 28.4. The number of sulfonamides is 2. The summed E-state index contributed by atoms with van der Waals surface area (Å²) >= 11 is 9.19. The van der Waals surface area contributed by atoms with Gasteiger partial charge in [-0.05, 0) is 121 Å². The van der Waals surface area contributed by atoms with Crippen LogP contribution in [0.25, 0.3) is 20.9 Å². The molecule has 0 atom stereocenters. The number of ether oxygens (including phenoxy) is 1. The molecular formula is C50H57Br2N9O9S4. The molecule has 0 fully saturated rings. The second kappa shape index (κ2) is 27.5. The third-order valence-electron chi connectivity index (χ3n) is 9.05. The summed E-state index contributed by atoms with van der Waals surface area (Å²) in [6, 6.07) is 33.3. The van der Waals surface area contributed by atoms with Gasteiger partial charge in [-0.25, -0.2) is 45.8 Å². The molecule has 18 nitrogen and oxygen atoms in total. The Morgan fingerprint density at radius 2 is 1.14 bits per heavy atom. The minimum atomic E-state index is -3.96. The lowest BCUT2D eigenvalue weighted by Crippen LogP contribution is -2.40. The average Bonchev–Trinajstić information content (AvgIpc) is 3.98. The molecule has 3 amide bonds. The highest BCUT2D eigenvalue weighted by Crippen LogP contribution is 2.37. The second-order valence-corrected chi connectivity index (χ2v) is 25.3. The summed E-state index contributed by atoms with van der Waals surface area (Å²) in [7, 11) is -7.82. The Morgan fingerprint density at radius 1 is 0.703 bits per heavy atom. The molecule has 0 saturated heterocycles. The highest BCUT2D eigenvalue weighted by molar-refractivity contribution is 9.11. The van der Waals surface area contributed by atoms with Crippen molar-refractivity contribution in [3.8, 4) is 26.6 Å². The molecule has 24 heteroatoms. The van der Waals surface area contributed by atoms with Gasteiger partial charge in [0.15, 0.2) is 7.83 Å². The van der Waals surface area contributed by atoms with Crippen molar-refractivity contribution in [2.45, 2.75) is 89.3 Å². The number of nitro benzene ring substituents is 1. The fourth-order valence-corrected chi connectivity index (χ4v) is 12.2. The number of carbonyl (C=O) groups is 2. The van der Waals surface area contributed by atoms with Crippen molar-refractivity contribution < 1.29 is 37.5 Å². The first-order valence-electron chi connectivity index (χ1n) is 22.9. The topological polar surface area (TPSA) is 267 Å². The molecule has 0 bridgehead atoms. The predicted molar refractivity (Wildman–Crippen MR) is 301 cm³/mol. The summed E-state index contributed by atoms with van der Waals surface area (Å²) in [5.41, 5.74) is 7.44. The van der Waals surface area contributed by atoms with Crippen LogP contribution < -0.4 is 35.9 Å². The SMILES string of the molecule is CC(C)(C)NS(=O)(=O)c1cc(NC(=O)NCc2ccccc2)ccc1-c1cnc(Br)s1.CC(C)(C)NS(=O)(=O)c1cc(NC(=O)Oc2ccc([N+](=O)[O-])cc2)ccc1-c1cnc(Br)s1.NCc1ccccc1.[2H]CC. The Bertz CT molecular complexity index is 3230. The number of nitrogens with one attached hydrogen (secondary N) is 5. The standard InChI is InChI=1S/C21H23BrN4O3S2.C20H19BrN4O6S2.C7H9N.C2H6/c1-21(2,3)26-31(28,29)18-11-15(9-10-16(18)17-13-23-19(22)30-17)25-20(27)24-12-14-7-5-4-6-8-14;1-20(2,3)24-33(29,30)17-10-12(4-9-15(17)16-11-22-18(21)32-16)23-19(26)31-14-7-5-13(6-8-14)25(27)28;8-6-7-4-2-1-3-5-7;1-2/h4-11,13,26H,12H2,1-3H3,(H2,24,25,27);4-11,24H,1-3H3,(H,23,26);1-5H,6,8H2;1-2H3/i;;;1D. The van der Waals surface area contributed by atoms with Crippen molar-refractivity contribution in [2.75, 3.05) is 10.6 Å². The van der Waals surface area contributed by atoms with Crippen LogP contribution in [-0.2, 0) is 33.1 Å². The Hall–Kier alpha value is -5.96. The highest BCUT2D eigenvalue weighted by Gasteiger charge is 2.28. The summed E-state index contributed by atoms with van der Waals surface area (Å²) in [6.45, 7) is 13.8. The Balaban J connectivity index is 0.000000270. The molecule has 7 aromatic rings. The lowest BCUT2D eigenvalue weighted by atomic mass is 10.1. The van der Waals surface area contributed by atoms with Gasteiger partial charge in [-0.3, -0.25) is 15.4 Å². The highest BCUT2D eigenvalue weighted by atomic mass is 79.9. The van der Waals surface area contributed by atoms with Gasteiger partial charge < -0.3 is 21.1 Å². The predicted octanol–water partition coefficient (Wildman–Crippen LogP) is 12.3. The van der Waals surface area contributed by atoms with Gasteiger partial charge in [-0.1, -0.05) is 86.6 Å². The number of nitro groups is 1. The molecule has 394 valence electrons. The molecule has 0 spiro atoms. The number of nitrogens with zero attached hydrogens (tertiary/aromatic N) is 3. The van der Waals surface area contributed by atoms with Gasteiger partial charge in [-0.15, -0.1) is 22.7 Å². The Kier molecular flexibility index (Phi) is 21.9. The van der Waals surface area contributed by atoms with Gasteiger partial charge in [0, 0.05) is 72.6 Å². The van der Waals surface area contributed by atoms with Crippen LogP contribution in [0.4, 0.5) is 26.7 Å². The van der Waals surface area contributed by atoms with Gasteiger partial charge in [-0.2, -0.15) is 0 Å². The van der Waals surface area contributed by atoms with Gasteiger partial charge in [0.1, 0.15) is 5.75 Å². The fraction of sp³-hybridized carbons (Fsp3) is 0.240. The van der Waals surface area contributed by atoms with Gasteiger partial charge in [0.2, 0.25) is 20.0 Å². The summed E-state index contributed by atoms with van der Waals surface area (Å²) in [6.07, 6.45) is 2.28. The molecule has 0 aliphatic rings. The normalized spacial score (nSPS) is 11.5. The number of hydrogen-bond donors (Lipinski definition) is 6. The minimum Gasteiger partial charge on any atom is -0.410 e. The van der Waals surface area contributed by atoms with Crippen LogP contribution in [0, 0.1) is 10.1 Å². The number of aromatic nitrogens is 2. The van der Waals surface area contributed by atoms with Crippen LogP contribution in [-0.4, -0.2) is 54.9 Å². The van der Waals surface area contributed by atoms with E-state index in [0.29, 0.717) is 54.4 Å². The number of anilines is 2. The molecule has 5 aromatic carbocycles. The van der Waals surface area contributed by atoms with Crippen molar-refractivity contribution in [3.63, 3.8) is 0 Å².